The van der Waals surface area contributed by atoms with E-state index in [0.29, 0.717) is 12.4 Å². The lowest BCUT2D eigenvalue weighted by atomic mass is 10.0. The molecule has 2 fully saturated rings. The van der Waals surface area contributed by atoms with Crippen molar-refractivity contribution >= 4 is 5.96 Å². The summed E-state index contributed by atoms with van der Waals surface area (Å²) < 4.78 is 17.2. The Morgan fingerprint density at radius 2 is 2.18 bits per heavy atom. The summed E-state index contributed by atoms with van der Waals surface area (Å²) in [5, 5.41) is 14.0. The van der Waals surface area contributed by atoms with Crippen molar-refractivity contribution < 1.29 is 19.0 Å². The first-order chi connectivity index (χ1) is 13.6. The highest BCUT2D eigenvalue weighted by molar-refractivity contribution is 5.80. The van der Waals surface area contributed by atoms with Crippen molar-refractivity contribution in [1.82, 2.24) is 10.2 Å². The molecular formula is C21H35N3O4. The van der Waals surface area contributed by atoms with E-state index in [1.54, 1.807) is 25.3 Å². The summed E-state index contributed by atoms with van der Waals surface area (Å²) in [6.07, 6.45) is 7.63. The van der Waals surface area contributed by atoms with E-state index in [1.807, 2.05) is 0 Å². The van der Waals surface area contributed by atoms with Gasteiger partial charge in [-0.1, -0.05) is 0 Å². The number of furan rings is 1. The molecule has 7 nitrogen and oxygen atoms in total. The second-order valence-corrected chi connectivity index (χ2v) is 7.93. The molecule has 0 spiro atoms. The molecule has 7 heteroatoms. The van der Waals surface area contributed by atoms with E-state index in [2.05, 4.69) is 22.1 Å². The van der Waals surface area contributed by atoms with E-state index in [0.717, 1.165) is 51.5 Å². The van der Waals surface area contributed by atoms with Gasteiger partial charge in [-0.2, -0.15) is 0 Å². The molecule has 2 unspecified atom stereocenters. The first kappa shape index (κ1) is 21.1. The van der Waals surface area contributed by atoms with Crippen LogP contribution in [0.1, 0.15) is 51.7 Å². The minimum Gasteiger partial charge on any atom is -0.466 e. The Kier molecular flexibility index (Phi) is 7.76. The molecule has 28 heavy (non-hydrogen) atoms. The lowest BCUT2D eigenvalue weighted by Crippen LogP contribution is -2.47. The summed E-state index contributed by atoms with van der Waals surface area (Å²) in [5.41, 5.74) is -1.12. The van der Waals surface area contributed by atoms with Crippen LogP contribution in [-0.2, 0) is 15.1 Å². The summed E-state index contributed by atoms with van der Waals surface area (Å²) in [6, 6.07) is 3.56. The van der Waals surface area contributed by atoms with E-state index in [-0.39, 0.29) is 18.8 Å². The third kappa shape index (κ3) is 5.96. The summed E-state index contributed by atoms with van der Waals surface area (Å²) in [7, 11) is 0. The molecule has 1 aromatic rings. The van der Waals surface area contributed by atoms with Gasteiger partial charge in [0.15, 0.2) is 5.96 Å². The highest BCUT2D eigenvalue weighted by Gasteiger charge is 2.28. The predicted octanol–water partition coefficient (Wildman–Crippen LogP) is 2.50. The fourth-order valence-electron chi connectivity index (χ4n) is 3.73. The zero-order valence-electron chi connectivity index (χ0n) is 17.2. The summed E-state index contributed by atoms with van der Waals surface area (Å²) in [6.45, 7) is 8.19. The number of ether oxygens (including phenoxy) is 2. The molecule has 3 heterocycles. The second-order valence-electron chi connectivity index (χ2n) is 7.93. The van der Waals surface area contributed by atoms with Gasteiger partial charge < -0.3 is 29.2 Å². The van der Waals surface area contributed by atoms with Crippen molar-refractivity contribution in [2.75, 3.05) is 39.4 Å². The molecule has 0 bridgehead atoms. The van der Waals surface area contributed by atoms with Crippen LogP contribution < -0.4 is 5.32 Å². The van der Waals surface area contributed by atoms with Gasteiger partial charge in [0.1, 0.15) is 11.4 Å². The number of nitrogens with zero attached hydrogens (tertiary/aromatic N) is 2. The molecule has 0 aromatic carbocycles. The minimum absolute atomic E-state index is 0.248. The smallest absolute Gasteiger partial charge is 0.194 e. The first-order valence-electron chi connectivity index (χ1n) is 10.6. The van der Waals surface area contributed by atoms with Crippen LogP contribution in [0.5, 0.6) is 0 Å². The van der Waals surface area contributed by atoms with Crippen LogP contribution in [0.4, 0.5) is 0 Å². The van der Waals surface area contributed by atoms with Gasteiger partial charge in [-0.15, -0.1) is 0 Å². The van der Waals surface area contributed by atoms with Crippen LogP contribution in [0, 0.1) is 0 Å². The molecule has 2 saturated heterocycles. The Morgan fingerprint density at radius 3 is 2.82 bits per heavy atom. The number of guanidine groups is 1. The molecule has 3 rings (SSSR count). The van der Waals surface area contributed by atoms with Gasteiger partial charge in [0, 0.05) is 26.2 Å². The topological polar surface area (TPSA) is 79.5 Å². The summed E-state index contributed by atoms with van der Waals surface area (Å²) in [4.78, 5) is 6.92. The van der Waals surface area contributed by atoms with Crippen molar-refractivity contribution in [3.63, 3.8) is 0 Å². The number of hydrogen-bond acceptors (Lipinski definition) is 5. The minimum atomic E-state index is -1.12. The lowest BCUT2D eigenvalue weighted by molar-refractivity contribution is -0.0721. The van der Waals surface area contributed by atoms with Crippen molar-refractivity contribution in [2.24, 2.45) is 4.99 Å². The molecule has 2 N–H and O–H groups in total. The number of piperidine rings is 1. The second kappa shape index (κ2) is 10.3. The molecule has 0 radical (unpaired) electrons. The monoisotopic (exact) mass is 393 g/mol. The van der Waals surface area contributed by atoms with Crippen LogP contribution in [0.25, 0.3) is 0 Å². The van der Waals surface area contributed by atoms with Crippen LogP contribution >= 0.6 is 0 Å². The third-order valence-electron chi connectivity index (χ3n) is 5.46. The van der Waals surface area contributed by atoms with Gasteiger partial charge >= 0.3 is 0 Å². The maximum absolute atomic E-state index is 10.6. The van der Waals surface area contributed by atoms with Gasteiger partial charge in [-0.05, 0) is 58.1 Å². The number of aliphatic imine (C=N–C) groups is 1. The van der Waals surface area contributed by atoms with Gasteiger partial charge in [0.25, 0.3) is 0 Å². The van der Waals surface area contributed by atoms with E-state index in [9.17, 15) is 5.11 Å². The van der Waals surface area contributed by atoms with E-state index < -0.39 is 5.60 Å². The van der Waals surface area contributed by atoms with E-state index in [1.165, 1.54) is 12.8 Å². The fourth-order valence-corrected chi connectivity index (χ4v) is 3.73. The maximum atomic E-state index is 10.6. The summed E-state index contributed by atoms with van der Waals surface area (Å²) >= 11 is 0. The van der Waals surface area contributed by atoms with Gasteiger partial charge in [-0.3, -0.25) is 0 Å². The quantitative estimate of drug-likeness (QED) is 0.547. The lowest BCUT2D eigenvalue weighted by Gasteiger charge is -2.35. The molecule has 2 aliphatic rings. The number of likely N-dealkylation sites (tertiary alicyclic amines) is 1. The average Bonchev–Trinajstić information content (AvgIpc) is 3.27. The number of hydrogen-bond donors (Lipinski definition) is 2. The maximum Gasteiger partial charge on any atom is 0.194 e. The molecule has 0 saturated carbocycles. The molecule has 2 aliphatic heterocycles. The third-order valence-corrected chi connectivity index (χ3v) is 5.46. The molecular weight excluding hydrogens is 358 g/mol. The van der Waals surface area contributed by atoms with Crippen molar-refractivity contribution in [3.8, 4) is 0 Å². The van der Waals surface area contributed by atoms with Crippen LogP contribution in [0.3, 0.4) is 0 Å². The average molecular weight is 394 g/mol. The normalized spacial score (nSPS) is 24.2. The standard InChI is InChI=1S/C21H35N3O4/c1-3-22-20(23-16-21(2,25)19-8-6-14-27-19)24-11-9-17(10-12-24)28-15-18-7-4-5-13-26-18/h6,8,14,17-18,25H,3-5,7,9-13,15-16H2,1-2H3,(H,22,23). The van der Waals surface area contributed by atoms with Gasteiger partial charge in [-0.25, -0.2) is 4.99 Å². The number of rotatable bonds is 7. The fraction of sp³-hybridized carbons (Fsp3) is 0.762. The number of aliphatic hydroxyl groups is 1. The molecule has 0 amide bonds. The van der Waals surface area contributed by atoms with Crippen molar-refractivity contribution in [2.45, 2.75) is 63.8 Å². The molecule has 0 aliphatic carbocycles. The van der Waals surface area contributed by atoms with E-state index >= 15 is 0 Å². The molecule has 2 atom stereocenters. The van der Waals surface area contributed by atoms with Crippen LogP contribution in [0.15, 0.2) is 27.8 Å². The zero-order valence-corrected chi connectivity index (χ0v) is 17.2. The number of nitrogens with one attached hydrogen (secondary N) is 1. The summed E-state index contributed by atoms with van der Waals surface area (Å²) in [5.74, 6) is 1.37. The predicted molar refractivity (Wildman–Crippen MR) is 108 cm³/mol. The van der Waals surface area contributed by atoms with Crippen LogP contribution in [0.2, 0.25) is 0 Å². The zero-order chi connectivity index (χ0) is 19.8. The Morgan fingerprint density at radius 1 is 1.36 bits per heavy atom. The van der Waals surface area contributed by atoms with Crippen molar-refractivity contribution in [3.05, 3.63) is 24.2 Å². The van der Waals surface area contributed by atoms with Gasteiger partial charge in [0.05, 0.1) is 31.6 Å². The Hall–Kier alpha value is -1.57. The molecule has 158 valence electrons. The largest absolute Gasteiger partial charge is 0.466 e. The molecule has 1 aromatic heterocycles. The van der Waals surface area contributed by atoms with Gasteiger partial charge in [0.2, 0.25) is 0 Å². The first-order valence-corrected chi connectivity index (χ1v) is 10.6. The highest BCUT2D eigenvalue weighted by Crippen LogP contribution is 2.22. The van der Waals surface area contributed by atoms with Crippen molar-refractivity contribution in [1.29, 1.82) is 0 Å². The van der Waals surface area contributed by atoms with Crippen LogP contribution in [-0.4, -0.2) is 67.6 Å². The van der Waals surface area contributed by atoms with E-state index in [4.69, 9.17) is 13.9 Å². The SMILES string of the molecule is CCNC(=NCC(C)(O)c1ccco1)N1CCC(OCC2CCCCO2)CC1. The highest BCUT2D eigenvalue weighted by atomic mass is 16.5. The Balaban J connectivity index is 1.48. The Bertz CT molecular complexity index is 589. The Labute approximate surface area is 168 Å².